The van der Waals surface area contributed by atoms with E-state index in [1.807, 2.05) is 0 Å². The summed E-state index contributed by atoms with van der Waals surface area (Å²) in [4.78, 5) is 23.5. The van der Waals surface area contributed by atoms with Gasteiger partial charge in [0.05, 0.1) is 21.2 Å². The van der Waals surface area contributed by atoms with Crippen molar-refractivity contribution >= 4 is 50.8 Å². The number of hydrogen-bond acceptors (Lipinski definition) is 4. The van der Waals surface area contributed by atoms with Crippen LogP contribution in [0.2, 0.25) is 10.0 Å². The van der Waals surface area contributed by atoms with E-state index in [-0.39, 0.29) is 31.8 Å². The Bertz CT molecular complexity index is 1050. The highest BCUT2D eigenvalue weighted by Gasteiger charge is 2.30. The standard InChI is InChI=1S/C18H16Cl2N2O5S/c19-14-10-15(20)16(28(26,27)22-6-1-2-7-22)9-13(14)17(23)21-12-5-3-4-11(8-12)18(24)25/h3-5,8-10H,1-2,6-7H2,(H,21,23)(H,24,25). The molecule has 0 aromatic heterocycles. The van der Waals surface area contributed by atoms with Crippen molar-refractivity contribution in [2.75, 3.05) is 18.4 Å². The highest BCUT2D eigenvalue weighted by atomic mass is 35.5. The average Bonchev–Trinajstić information content (AvgIpc) is 3.17. The SMILES string of the molecule is O=C(O)c1cccc(NC(=O)c2cc(S(=O)(=O)N3CCCC3)c(Cl)cc2Cl)c1. The molecule has 0 unspecified atom stereocenters. The van der Waals surface area contributed by atoms with Gasteiger partial charge in [0.2, 0.25) is 10.0 Å². The summed E-state index contributed by atoms with van der Waals surface area (Å²) in [5.74, 6) is -1.82. The lowest BCUT2D eigenvalue weighted by atomic mass is 10.1. The smallest absolute Gasteiger partial charge is 0.335 e. The summed E-state index contributed by atoms with van der Waals surface area (Å²) in [7, 11) is -3.85. The number of nitrogens with zero attached hydrogens (tertiary/aromatic N) is 1. The molecule has 1 fully saturated rings. The molecule has 2 N–H and O–H groups in total. The molecule has 0 spiro atoms. The molecule has 7 nitrogen and oxygen atoms in total. The van der Waals surface area contributed by atoms with Crippen LogP contribution in [0.4, 0.5) is 5.69 Å². The van der Waals surface area contributed by atoms with Gasteiger partial charge in [-0.25, -0.2) is 13.2 Å². The van der Waals surface area contributed by atoms with Crippen LogP contribution in [-0.2, 0) is 10.0 Å². The molecule has 1 heterocycles. The summed E-state index contributed by atoms with van der Waals surface area (Å²) < 4.78 is 27.0. The van der Waals surface area contributed by atoms with Crippen LogP contribution in [-0.4, -0.2) is 42.8 Å². The molecule has 0 radical (unpaired) electrons. The summed E-state index contributed by atoms with van der Waals surface area (Å²) in [5.41, 5.74) is 0.154. The number of sulfonamides is 1. The van der Waals surface area contributed by atoms with Gasteiger partial charge < -0.3 is 10.4 Å². The number of halogens is 2. The third-order valence-corrected chi connectivity index (χ3v) is 6.99. The Kier molecular flexibility index (Phi) is 5.95. The number of anilines is 1. The van der Waals surface area contributed by atoms with Crippen molar-refractivity contribution in [2.45, 2.75) is 17.7 Å². The van der Waals surface area contributed by atoms with E-state index in [4.69, 9.17) is 28.3 Å². The number of amides is 1. The quantitative estimate of drug-likeness (QED) is 0.733. The lowest BCUT2D eigenvalue weighted by Crippen LogP contribution is -2.28. The van der Waals surface area contributed by atoms with Gasteiger partial charge >= 0.3 is 5.97 Å². The summed E-state index contributed by atoms with van der Waals surface area (Å²) in [6, 6.07) is 8.02. The maximum atomic E-state index is 12.8. The van der Waals surface area contributed by atoms with Gasteiger partial charge in [0.15, 0.2) is 0 Å². The third-order valence-electron chi connectivity index (χ3n) is 4.32. The summed E-state index contributed by atoms with van der Waals surface area (Å²) in [6.45, 7) is 0.787. The number of carboxylic acids is 1. The molecular weight excluding hydrogens is 427 g/mol. The van der Waals surface area contributed by atoms with E-state index in [9.17, 15) is 18.0 Å². The van der Waals surface area contributed by atoms with Gasteiger partial charge in [-0.05, 0) is 43.2 Å². The van der Waals surface area contributed by atoms with Crippen LogP contribution in [0.3, 0.4) is 0 Å². The van der Waals surface area contributed by atoms with Gasteiger partial charge in [-0.1, -0.05) is 29.3 Å². The van der Waals surface area contributed by atoms with Crippen LogP contribution in [0.5, 0.6) is 0 Å². The molecule has 1 aliphatic rings. The highest BCUT2D eigenvalue weighted by molar-refractivity contribution is 7.89. The first-order valence-corrected chi connectivity index (χ1v) is 10.5. The molecule has 1 amide bonds. The lowest BCUT2D eigenvalue weighted by molar-refractivity contribution is 0.0696. The molecular formula is C18H16Cl2N2O5S. The summed E-state index contributed by atoms with van der Waals surface area (Å²) in [5, 5.41) is 11.5. The second-order valence-electron chi connectivity index (χ2n) is 6.21. The third kappa shape index (κ3) is 4.15. The van der Waals surface area contributed by atoms with Crippen molar-refractivity contribution in [3.05, 3.63) is 57.6 Å². The van der Waals surface area contributed by atoms with Crippen LogP contribution in [0.15, 0.2) is 41.3 Å². The fourth-order valence-corrected chi connectivity index (χ4v) is 5.25. The van der Waals surface area contributed by atoms with Crippen LogP contribution in [0.1, 0.15) is 33.6 Å². The second kappa shape index (κ2) is 8.08. The molecule has 1 aliphatic heterocycles. The predicted molar refractivity (Wildman–Crippen MR) is 106 cm³/mol. The minimum atomic E-state index is -3.85. The molecule has 2 aromatic carbocycles. The normalized spacial score (nSPS) is 14.8. The Morgan fingerprint density at radius 1 is 1.04 bits per heavy atom. The number of nitrogens with one attached hydrogen (secondary N) is 1. The summed E-state index contributed by atoms with van der Waals surface area (Å²) in [6.07, 6.45) is 1.52. The van der Waals surface area contributed by atoms with E-state index in [1.165, 1.54) is 34.6 Å². The van der Waals surface area contributed by atoms with Gasteiger partial charge in [-0.15, -0.1) is 0 Å². The molecule has 0 bridgehead atoms. The van der Waals surface area contributed by atoms with Gasteiger partial charge in [-0.3, -0.25) is 4.79 Å². The van der Waals surface area contributed by atoms with Crippen molar-refractivity contribution in [3.63, 3.8) is 0 Å². The Balaban J connectivity index is 1.94. The zero-order valence-electron chi connectivity index (χ0n) is 14.5. The van der Waals surface area contributed by atoms with E-state index >= 15 is 0 Å². The Labute approximate surface area is 171 Å². The van der Waals surface area contributed by atoms with Crippen molar-refractivity contribution in [2.24, 2.45) is 0 Å². The Morgan fingerprint density at radius 3 is 2.36 bits per heavy atom. The number of rotatable bonds is 5. The molecule has 0 atom stereocenters. The van der Waals surface area contributed by atoms with Crippen LogP contribution < -0.4 is 5.32 Å². The molecule has 0 saturated carbocycles. The first-order chi connectivity index (χ1) is 13.2. The van der Waals surface area contributed by atoms with Crippen LogP contribution in [0.25, 0.3) is 0 Å². The topological polar surface area (TPSA) is 104 Å². The number of benzene rings is 2. The van der Waals surface area contributed by atoms with E-state index in [2.05, 4.69) is 5.32 Å². The molecule has 2 aromatic rings. The van der Waals surface area contributed by atoms with E-state index in [0.717, 1.165) is 18.9 Å². The summed E-state index contributed by atoms with van der Waals surface area (Å²) >= 11 is 12.2. The lowest BCUT2D eigenvalue weighted by Gasteiger charge is -2.17. The Hall–Kier alpha value is -2.13. The van der Waals surface area contributed by atoms with Gasteiger partial charge in [-0.2, -0.15) is 4.31 Å². The molecule has 0 aliphatic carbocycles. The minimum Gasteiger partial charge on any atom is -0.478 e. The van der Waals surface area contributed by atoms with Gasteiger partial charge in [0.1, 0.15) is 4.90 Å². The zero-order chi connectivity index (χ0) is 20.5. The van der Waals surface area contributed by atoms with E-state index < -0.39 is 21.9 Å². The molecule has 28 heavy (non-hydrogen) atoms. The van der Waals surface area contributed by atoms with Gasteiger partial charge in [0, 0.05) is 18.8 Å². The zero-order valence-corrected chi connectivity index (χ0v) is 16.8. The van der Waals surface area contributed by atoms with Crippen LogP contribution >= 0.6 is 23.2 Å². The molecule has 1 saturated heterocycles. The van der Waals surface area contributed by atoms with E-state index in [0.29, 0.717) is 13.1 Å². The first-order valence-electron chi connectivity index (χ1n) is 8.34. The van der Waals surface area contributed by atoms with Crippen molar-refractivity contribution < 1.29 is 23.1 Å². The molecule has 148 valence electrons. The number of aromatic carboxylic acids is 1. The fourth-order valence-electron chi connectivity index (χ4n) is 2.90. The number of carbonyl (C=O) groups is 2. The van der Waals surface area contributed by atoms with Crippen molar-refractivity contribution in [3.8, 4) is 0 Å². The van der Waals surface area contributed by atoms with Gasteiger partial charge in [0.25, 0.3) is 5.91 Å². The van der Waals surface area contributed by atoms with Crippen LogP contribution in [0, 0.1) is 0 Å². The number of hydrogen-bond donors (Lipinski definition) is 2. The van der Waals surface area contributed by atoms with Crippen molar-refractivity contribution in [1.82, 2.24) is 4.31 Å². The highest BCUT2D eigenvalue weighted by Crippen LogP contribution is 2.32. The maximum Gasteiger partial charge on any atom is 0.335 e. The van der Waals surface area contributed by atoms with E-state index in [1.54, 1.807) is 0 Å². The van der Waals surface area contributed by atoms with Crippen molar-refractivity contribution in [1.29, 1.82) is 0 Å². The Morgan fingerprint density at radius 2 is 1.71 bits per heavy atom. The average molecular weight is 443 g/mol. The first kappa shape index (κ1) is 20.6. The fraction of sp³-hybridized carbons (Fsp3) is 0.222. The second-order valence-corrected chi connectivity index (χ2v) is 8.93. The molecule has 10 heteroatoms. The minimum absolute atomic E-state index is 0.00250. The molecule has 3 rings (SSSR count). The number of carbonyl (C=O) groups excluding carboxylic acids is 1. The predicted octanol–water partition coefficient (Wildman–Crippen LogP) is 3.73. The largest absolute Gasteiger partial charge is 0.478 e. The monoisotopic (exact) mass is 442 g/mol. The number of carboxylic acid groups (broad SMARTS) is 1. The maximum absolute atomic E-state index is 12.8.